The average molecular weight is 538 g/mol. The molecule has 1 aromatic heterocycles. The van der Waals surface area contributed by atoms with Crippen molar-refractivity contribution < 1.29 is 28.6 Å². The highest BCUT2D eigenvalue weighted by atomic mass is 35.5. The second-order valence-electron chi connectivity index (χ2n) is 7.31. The topological polar surface area (TPSA) is 89.0 Å². The van der Waals surface area contributed by atoms with E-state index in [1.54, 1.807) is 18.2 Å². The third-order valence-electron chi connectivity index (χ3n) is 5.39. The average Bonchev–Trinajstić information content (AvgIpc) is 3.11. The monoisotopic (exact) mass is 536 g/mol. The van der Waals surface area contributed by atoms with E-state index in [0.717, 1.165) is 11.0 Å². The van der Waals surface area contributed by atoms with Crippen molar-refractivity contribution >= 4 is 57.9 Å². The lowest BCUT2D eigenvalue weighted by Gasteiger charge is -2.25. The van der Waals surface area contributed by atoms with Gasteiger partial charge in [-0.1, -0.05) is 40.9 Å². The minimum Gasteiger partial charge on any atom is -0.507 e. The van der Waals surface area contributed by atoms with Crippen LogP contribution in [0, 0.1) is 5.82 Å². The predicted octanol–water partition coefficient (Wildman–Crippen LogP) is 5.82. The third-order valence-corrected chi connectivity index (χ3v) is 6.30. The van der Waals surface area contributed by atoms with Gasteiger partial charge in [-0.3, -0.25) is 19.5 Å². The Labute approximate surface area is 214 Å². The first-order valence-electron chi connectivity index (χ1n) is 9.98. The van der Waals surface area contributed by atoms with Gasteiger partial charge in [0, 0.05) is 11.9 Å². The molecule has 1 fully saturated rings. The number of aromatic nitrogens is 1. The molecule has 0 spiro atoms. The van der Waals surface area contributed by atoms with E-state index in [1.807, 2.05) is 0 Å². The maximum absolute atomic E-state index is 13.8. The lowest BCUT2D eigenvalue weighted by atomic mass is 9.97. The number of nitrogens with zero attached hydrogens (tertiary/aromatic N) is 2. The van der Waals surface area contributed by atoms with E-state index in [-0.39, 0.29) is 49.1 Å². The fourth-order valence-electron chi connectivity index (χ4n) is 3.84. The van der Waals surface area contributed by atoms with Gasteiger partial charge >= 0.3 is 0 Å². The molecule has 1 saturated heterocycles. The molecule has 0 radical (unpaired) electrons. The maximum Gasteiger partial charge on any atom is 0.300 e. The van der Waals surface area contributed by atoms with E-state index >= 15 is 0 Å². The van der Waals surface area contributed by atoms with E-state index in [9.17, 15) is 19.1 Å². The lowest BCUT2D eigenvalue weighted by molar-refractivity contribution is -0.132. The number of anilines is 1. The number of benzene rings is 2. The van der Waals surface area contributed by atoms with Crippen molar-refractivity contribution in [3.63, 3.8) is 0 Å². The number of aliphatic hydroxyl groups is 1. The summed E-state index contributed by atoms with van der Waals surface area (Å²) in [4.78, 5) is 31.8. The van der Waals surface area contributed by atoms with Gasteiger partial charge < -0.3 is 14.6 Å². The minimum absolute atomic E-state index is 0.0267. The summed E-state index contributed by atoms with van der Waals surface area (Å²) in [5.74, 6) is -3.21. The molecule has 1 atom stereocenters. The summed E-state index contributed by atoms with van der Waals surface area (Å²) in [6.07, 6.45) is 1.47. The summed E-state index contributed by atoms with van der Waals surface area (Å²) < 4.78 is 24.3. The molecule has 2 aromatic carbocycles. The van der Waals surface area contributed by atoms with Crippen molar-refractivity contribution in [1.29, 1.82) is 0 Å². The van der Waals surface area contributed by atoms with Crippen molar-refractivity contribution in [3.05, 3.63) is 86.4 Å². The molecule has 1 aliphatic heterocycles. The van der Waals surface area contributed by atoms with Crippen molar-refractivity contribution in [3.8, 4) is 11.5 Å². The van der Waals surface area contributed by atoms with Crippen LogP contribution in [0.5, 0.6) is 11.5 Å². The molecule has 35 heavy (non-hydrogen) atoms. The molecule has 1 aliphatic rings. The first kappa shape index (κ1) is 24.8. The number of amides is 1. The van der Waals surface area contributed by atoms with E-state index in [2.05, 4.69) is 4.98 Å². The second kappa shape index (κ2) is 9.73. The van der Waals surface area contributed by atoms with Crippen LogP contribution in [0.2, 0.25) is 15.1 Å². The van der Waals surface area contributed by atoms with Crippen LogP contribution in [0.4, 0.5) is 10.1 Å². The van der Waals surface area contributed by atoms with Crippen molar-refractivity contribution in [2.24, 2.45) is 0 Å². The van der Waals surface area contributed by atoms with Crippen LogP contribution >= 0.6 is 34.8 Å². The van der Waals surface area contributed by atoms with Gasteiger partial charge in [0.1, 0.15) is 22.6 Å². The Morgan fingerprint density at radius 3 is 2.34 bits per heavy atom. The molecule has 0 saturated carbocycles. The summed E-state index contributed by atoms with van der Waals surface area (Å²) in [7, 11) is 2.66. The molecule has 11 heteroatoms. The molecule has 0 aliphatic carbocycles. The van der Waals surface area contributed by atoms with Gasteiger partial charge in [-0.15, -0.1) is 0 Å². The number of methoxy groups -OCH3 is 2. The van der Waals surface area contributed by atoms with Crippen molar-refractivity contribution in [2.45, 2.75) is 6.04 Å². The Hall–Kier alpha value is -3.33. The number of ketones is 1. The number of hydrogen-bond donors (Lipinski definition) is 1. The van der Waals surface area contributed by atoms with Crippen LogP contribution in [0.3, 0.4) is 0 Å². The first-order valence-corrected chi connectivity index (χ1v) is 11.1. The molecule has 4 rings (SSSR count). The number of hydrogen-bond acceptors (Lipinski definition) is 6. The van der Waals surface area contributed by atoms with Gasteiger partial charge in [0.25, 0.3) is 11.7 Å². The third kappa shape index (κ3) is 4.18. The maximum atomic E-state index is 13.8. The highest BCUT2D eigenvalue weighted by molar-refractivity contribution is 6.52. The van der Waals surface area contributed by atoms with Crippen LogP contribution < -0.4 is 14.4 Å². The number of carbonyl (C=O) groups excluding carboxylic acids is 2. The number of Topliss-reactive ketones (excluding diaryl/α,β-unsaturated/α-hetero) is 1. The van der Waals surface area contributed by atoms with Gasteiger partial charge in [-0.05, 0) is 36.4 Å². The molecule has 180 valence electrons. The number of rotatable bonds is 5. The zero-order valence-electron chi connectivity index (χ0n) is 18.2. The Bertz CT molecular complexity index is 1380. The smallest absolute Gasteiger partial charge is 0.300 e. The highest BCUT2D eigenvalue weighted by Crippen LogP contribution is 2.48. The van der Waals surface area contributed by atoms with Crippen LogP contribution in [0.15, 0.2) is 54.2 Å². The van der Waals surface area contributed by atoms with Crippen LogP contribution in [-0.4, -0.2) is 36.0 Å². The molecule has 1 N–H and O–H groups in total. The largest absolute Gasteiger partial charge is 0.507 e. The Morgan fingerprint density at radius 1 is 1.03 bits per heavy atom. The number of pyridine rings is 1. The fourth-order valence-corrected chi connectivity index (χ4v) is 4.70. The molecule has 0 bridgehead atoms. The van der Waals surface area contributed by atoms with Gasteiger partial charge in [-0.25, -0.2) is 4.39 Å². The highest BCUT2D eigenvalue weighted by Gasteiger charge is 2.48. The first-order chi connectivity index (χ1) is 16.7. The summed E-state index contributed by atoms with van der Waals surface area (Å²) in [5, 5.41) is 11.1. The van der Waals surface area contributed by atoms with Crippen molar-refractivity contribution in [1.82, 2.24) is 4.98 Å². The van der Waals surface area contributed by atoms with Crippen molar-refractivity contribution in [2.75, 3.05) is 19.1 Å². The molecular weight excluding hydrogens is 522 g/mol. The zero-order valence-corrected chi connectivity index (χ0v) is 20.5. The molecule has 1 amide bonds. The Balaban J connectivity index is 2.01. The fraction of sp³-hybridized carbons (Fsp3) is 0.125. The normalized spacial score (nSPS) is 17.1. The SMILES string of the molecule is COc1c(Cl)cc(/C(O)=C2\C(=O)C(=O)N(c3ccc(F)c(Cl)c3)C2c2ccccn2)c(OC)c1Cl. The van der Waals surface area contributed by atoms with Gasteiger partial charge in [-0.2, -0.15) is 0 Å². The van der Waals surface area contributed by atoms with E-state index in [4.69, 9.17) is 44.3 Å². The minimum atomic E-state index is -1.18. The van der Waals surface area contributed by atoms with E-state index in [1.165, 1.54) is 38.6 Å². The summed E-state index contributed by atoms with van der Waals surface area (Å²) in [6, 6.07) is 8.58. The van der Waals surface area contributed by atoms with Crippen LogP contribution in [-0.2, 0) is 9.59 Å². The van der Waals surface area contributed by atoms with Crippen LogP contribution in [0.25, 0.3) is 5.76 Å². The Kier molecular flexibility index (Phi) is 6.89. The zero-order chi connectivity index (χ0) is 25.4. The number of ether oxygens (including phenoxy) is 2. The number of carbonyl (C=O) groups is 2. The summed E-state index contributed by atoms with van der Waals surface area (Å²) in [5.41, 5.74) is 0.0495. The molecule has 2 heterocycles. The van der Waals surface area contributed by atoms with E-state index in [0.29, 0.717) is 0 Å². The summed E-state index contributed by atoms with van der Waals surface area (Å²) in [6.45, 7) is 0. The second-order valence-corrected chi connectivity index (χ2v) is 8.50. The predicted molar refractivity (Wildman–Crippen MR) is 130 cm³/mol. The van der Waals surface area contributed by atoms with Gasteiger partial charge in [0.05, 0.1) is 41.1 Å². The number of halogens is 4. The van der Waals surface area contributed by atoms with Gasteiger partial charge in [0.2, 0.25) is 0 Å². The molecule has 7 nitrogen and oxygen atoms in total. The van der Waals surface area contributed by atoms with Crippen LogP contribution in [0.1, 0.15) is 17.3 Å². The molecule has 3 aromatic rings. The standard InChI is InChI=1S/C24H16Cl3FN2O5/c1-34-22-12(10-14(26)23(35-2)18(22)27)20(31)17-19(16-5-3-4-8-29-16)30(24(33)21(17)32)11-6-7-15(28)13(25)9-11/h3-10,19,31H,1-2H3/b20-17+. The lowest BCUT2D eigenvalue weighted by Crippen LogP contribution is -2.29. The summed E-state index contributed by atoms with van der Waals surface area (Å²) >= 11 is 18.6. The van der Waals surface area contributed by atoms with Gasteiger partial charge in [0.15, 0.2) is 11.5 Å². The number of aliphatic hydroxyl groups excluding tert-OH is 1. The van der Waals surface area contributed by atoms with E-state index < -0.39 is 29.3 Å². The molecule has 1 unspecified atom stereocenters. The Morgan fingerprint density at radius 2 is 1.74 bits per heavy atom. The molecular formula is C24H16Cl3FN2O5. The quantitative estimate of drug-likeness (QED) is 0.250.